The number of rotatable bonds is 8. The zero-order chi connectivity index (χ0) is 28.4. The van der Waals surface area contributed by atoms with Crippen LogP contribution in [0.4, 0.5) is 13.2 Å². The molecule has 4 rings (SSSR count). The summed E-state index contributed by atoms with van der Waals surface area (Å²) >= 11 is 0. The SMILES string of the molecule is CC(C)NC(=O)[C@@]1(OCc2ccccc2C#N)CC(OCc2ccc(C(F)(F)F)cc2)[C@@H]2OC(C)(C)O[C@@H]2C1. The van der Waals surface area contributed by atoms with Crippen LogP contribution < -0.4 is 5.32 Å². The highest BCUT2D eigenvalue weighted by molar-refractivity contribution is 5.85. The van der Waals surface area contributed by atoms with Crippen molar-refractivity contribution >= 4 is 5.91 Å². The molecule has 1 saturated carbocycles. The molecule has 1 aliphatic carbocycles. The number of fused-ring (bicyclic) bond motifs is 1. The summed E-state index contributed by atoms with van der Waals surface area (Å²) in [5, 5.41) is 12.5. The molecule has 10 heteroatoms. The van der Waals surface area contributed by atoms with Crippen LogP contribution >= 0.6 is 0 Å². The number of nitrogens with zero attached hydrogens (tertiary/aromatic N) is 1. The number of carbonyl (C=O) groups excluding carboxylic acids is 1. The van der Waals surface area contributed by atoms with Crippen molar-refractivity contribution in [2.75, 3.05) is 0 Å². The quantitative estimate of drug-likeness (QED) is 0.486. The molecule has 1 saturated heterocycles. The number of halogens is 3. The smallest absolute Gasteiger partial charge is 0.371 e. The Morgan fingerprint density at radius 2 is 1.79 bits per heavy atom. The van der Waals surface area contributed by atoms with E-state index >= 15 is 0 Å². The van der Waals surface area contributed by atoms with Crippen molar-refractivity contribution in [3.05, 3.63) is 70.8 Å². The van der Waals surface area contributed by atoms with Crippen LogP contribution in [0.3, 0.4) is 0 Å². The van der Waals surface area contributed by atoms with E-state index in [1.807, 2.05) is 13.8 Å². The highest BCUT2D eigenvalue weighted by Crippen LogP contribution is 2.44. The number of alkyl halides is 3. The van der Waals surface area contributed by atoms with Crippen LogP contribution in [0.15, 0.2) is 48.5 Å². The van der Waals surface area contributed by atoms with Gasteiger partial charge in [-0.05, 0) is 57.0 Å². The Balaban J connectivity index is 1.60. The molecule has 2 fully saturated rings. The monoisotopic (exact) mass is 546 g/mol. The van der Waals surface area contributed by atoms with Crippen LogP contribution in [0.2, 0.25) is 0 Å². The fourth-order valence-corrected chi connectivity index (χ4v) is 5.07. The minimum atomic E-state index is -4.43. The molecule has 1 unspecified atom stereocenters. The maximum absolute atomic E-state index is 13.6. The first-order valence-electron chi connectivity index (χ1n) is 12.9. The average molecular weight is 547 g/mol. The van der Waals surface area contributed by atoms with E-state index in [-0.39, 0.29) is 38.0 Å². The number of nitrogens with one attached hydrogen (secondary N) is 1. The number of carbonyl (C=O) groups is 1. The molecule has 39 heavy (non-hydrogen) atoms. The van der Waals surface area contributed by atoms with Crippen LogP contribution in [-0.2, 0) is 43.1 Å². The number of benzene rings is 2. The largest absolute Gasteiger partial charge is 0.416 e. The Morgan fingerprint density at radius 3 is 2.44 bits per heavy atom. The molecule has 0 spiro atoms. The summed E-state index contributed by atoms with van der Waals surface area (Å²) in [6.45, 7) is 7.27. The standard InChI is InChI=1S/C29H33F3N2O5/c1-18(2)34-26(35)28(37-17-21-8-6-5-7-20(21)15-33)13-23(25-24(14-28)38-27(3,4)39-25)36-16-19-9-11-22(12-10-19)29(30,31)32/h5-12,18,23-25H,13-14,16-17H2,1-4H3,(H,34,35)/t23?,24-,25+,28-/m1/s1. The normalized spacial score (nSPS) is 26.2. The van der Waals surface area contributed by atoms with E-state index in [0.717, 1.165) is 12.1 Å². The number of hydrogen-bond donors (Lipinski definition) is 1. The molecular formula is C29H33F3N2O5. The maximum atomic E-state index is 13.6. The molecule has 1 amide bonds. The Kier molecular flexibility index (Phi) is 8.38. The zero-order valence-corrected chi connectivity index (χ0v) is 22.4. The summed E-state index contributed by atoms with van der Waals surface area (Å²) in [4.78, 5) is 13.6. The van der Waals surface area contributed by atoms with Gasteiger partial charge in [0.25, 0.3) is 5.91 Å². The van der Waals surface area contributed by atoms with Gasteiger partial charge in [-0.2, -0.15) is 18.4 Å². The van der Waals surface area contributed by atoms with E-state index in [2.05, 4.69) is 11.4 Å². The van der Waals surface area contributed by atoms with Crippen LogP contribution in [-0.4, -0.2) is 41.6 Å². The number of nitriles is 1. The van der Waals surface area contributed by atoms with Gasteiger partial charge in [-0.25, -0.2) is 0 Å². The zero-order valence-electron chi connectivity index (χ0n) is 22.4. The van der Waals surface area contributed by atoms with E-state index in [4.69, 9.17) is 18.9 Å². The van der Waals surface area contributed by atoms with Crippen molar-refractivity contribution in [2.45, 2.75) is 95.7 Å². The van der Waals surface area contributed by atoms with E-state index in [1.165, 1.54) is 12.1 Å². The first kappa shape index (κ1) is 29.0. The second-order valence-corrected chi connectivity index (χ2v) is 10.8. The third kappa shape index (κ3) is 6.79. The summed E-state index contributed by atoms with van der Waals surface area (Å²) in [7, 11) is 0. The highest BCUT2D eigenvalue weighted by atomic mass is 19.4. The molecule has 1 N–H and O–H groups in total. The Labute approximate surface area is 226 Å². The first-order valence-corrected chi connectivity index (χ1v) is 12.9. The molecule has 1 aliphatic heterocycles. The third-order valence-corrected chi connectivity index (χ3v) is 6.87. The summed E-state index contributed by atoms with van der Waals surface area (Å²) in [5.41, 5.74) is -0.465. The Bertz CT molecular complexity index is 1210. The Hall–Kier alpha value is -2.97. The summed E-state index contributed by atoms with van der Waals surface area (Å²) in [6.07, 6.45) is -5.80. The van der Waals surface area contributed by atoms with Crippen molar-refractivity contribution in [3.63, 3.8) is 0 Å². The topological polar surface area (TPSA) is 89.8 Å². The van der Waals surface area contributed by atoms with Gasteiger partial charge in [0.1, 0.15) is 6.10 Å². The molecule has 210 valence electrons. The van der Waals surface area contributed by atoms with Crippen molar-refractivity contribution in [1.82, 2.24) is 5.32 Å². The second kappa shape index (κ2) is 11.3. The third-order valence-electron chi connectivity index (χ3n) is 6.87. The molecule has 2 aromatic rings. The second-order valence-electron chi connectivity index (χ2n) is 10.8. The van der Waals surface area contributed by atoms with Gasteiger partial charge in [-0.15, -0.1) is 0 Å². The molecule has 2 aromatic carbocycles. The molecular weight excluding hydrogens is 513 g/mol. The lowest BCUT2D eigenvalue weighted by Gasteiger charge is -2.43. The lowest BCUT2D eigenvalue weighted by molar-refractivity contribution is -0.183. The molecule has 0 aromatic heterocycles. The van der Waals surface area contributed by atoms with E-state index in [1.54, 1.807) is 38.1 Å². The summed E-state index contributed by atoms with van der Waals surface area (Å²) < 4.78 is 63.8. The van der Waals surface area contributed by atoms with Gasteiger partial charge in [0.05, 0.1) is 42.6 Å². The predicted molar refractivity (Wildman–Crippen MR) is 135 cm³/mol. The van der Waals surface area contributed by atoms with Crippen LogP contribution in [0.25, 0.3) is 0 Å². The predicted octanol–water partition coefficient (Wildman–Crippen LogP) is 5.26. The summed E-state index contributed by atoms with van der Waals surface area (Å²) in [6, 6.07) is 13.7. The van der Waals surface area contributed by atoms with Crippen LogP contribution in [0, 0.1) is 11.3 Å². The van der Waals surface area contributed by atoms with Gasteiger partial charge in [0, 0.05) is 18.9 Å². The van der Waals surface area contributed by atoms with Gasteiger partial charge >= 0.3 is 6.18 Å². The molecule has 0 radical (unpaired) electrons. The van der Waals surface area contributed by atoms with Crippen molar-refractivity contribution < 1.29 is 36.9 Å². The van der Waals surface area contributed by atoms with E-state index in [9.17, 15) is 23.2 Å². The minimum Gasteiger partial charge on any atom is -0.371 e. The van der Waals surface area contributed by atoms with Gasteiger partial charge in [0.15, 0.2) is 11.4 Å². The lowest BCUT2D eigenvalue weighted by atomic mass is 9.78. The van der Waals surface area contributed by atoms with E-state index in [0.29, 0.717) is 16.7 Å². The van der Waals surface area contributed by atoms with Crippen molar-refractivity contribution in [3.8, 4) is 6.07 Å². The van der Waals surface area contributed by atoms with E-state index < -0.39 is 41.4 Å². The Morgan fingerprint density at radius 1 is 1.10 bits per heavy atom. The average Bonchev–Trinajstić information content (AvgIpc) is 3.19. The molecule has 0 bridgehead atoms. The van der Waals surface area contributed by atoms with Gasteiger partial charge in [-0.3, -0.25) is 4.79 Å². The fraction of sp³-hybridized carbons (Fsp3) is 0.517. The van der Waals surface area contributed by atoms with Gasteiger partial charge < -0.3 is 24.3 Å². The fourth-order valence-electron chi connectivity index (χ4n) is 5.07. The highest BCUT2D eigenvalue weighted by Gasteiger charge is 2.58. The maximum Gasteiger partial charge on any atom is 0.416 e. The van der Waals surface area contributed by atoms with Crippen LogP contribution in [0.5, 0.6) is 0 Å². The molecule has 4 atom stereocenters. The van der Waals surface area contributed by atoms with Gasteiger partial charge in [-0.1, -0.05) is 30.3 Å². The number of ether oxygens (including phenoxy) is 4. The number of hydrogen-bond acceptors (Lipinski definition) is 6. The number of amides is 1. The molecule has 1 heterocycles. The van der Waals surface area contributed by atoms with Gasteiger partial charge in [0.2, 0.25) is 0 Å². The van der Waals surface area contributed by atoms with Crippen LogP contribution in [0.1, 0.15) is 62.8 Å². The molecule has 2 aliphatic rings. The first-order chi connectivity index (χ1) is 18.3. The summed E-state index contributed by atoms with van der Waals surface area (Å²) in [5.74, 6) is -1.26. The molecule has 7 nitrogen and oxygen atoms in total. The van der Waals surface area contributed by atoms with Crippen molar-refractivity contribution in [1.29, 1.82) is 5.26 Å². The minimum absolute atomic E-state index is 0.00889. The van der Waals surface area contributed by atoms with Crippen molar-refractivity contribution in [2.24, 2.45) is 0 Å². The lowest BCUT2D eigenvalue weighted by Crippen LogP contribution is -2.60.